The first-order valence-electron chi connectivity index (χ1n) is 8.38. The van der Waals surface area contributed by atoms with Gasteiger partial charge in [0.15, 0.2) is 0 Å². The fourth-order valence-electron chi connectivity index (χ4n) is 2.90. The number of anilines is 1. The Kier molecular flexibility index (Phi) is 7.12. The third-order valence-electron chi connectivity index (χ3n) is 4.23. The topological polar surface area (TPSA) is 70.8 Å². The highest BCUT2D eigenvalue weighted by Gasteiger charge is 2.23. The molecule has 134 valence electrons. The molecule has 0 bridgehead atoms. The number of hydrogen-bond acceptors (Lipinski definition) is 5. The van der Waals surface area contributed by atoms with Crippen LogP contribution in [0.25, 0.3) is 0 Å². The molecule has 1 aliphatic heterocycles. The van der Waals surface area contributed by atoms with E-state index in [1.165, 1.54) is 0 Å². The van der Waals surface area contributed by atoms with Crippen molar-refractivity contribution in [1.29, 1.82) is 0 Å². The first kappa shape index (κ1) is 19.3. The molecule has 1 aromatic carbocycles. The van der Waals surface area contributed by atoms with E-state index >= 15 is 0 Å². The van der Waals surface area contributed by atoms with Crippen LogP contribution in [0, 0.1) is 3.57 Å². The Morgan fingerprint density at radius 3 is 2.79 bits per heavy atom. The molecule has 1 atom stereocenters. The van der Waals surface area contributed by atoms with E-state index < -0.39 is 0 Å². The normalized spacial score (nSPS) is 19.8. The number of carbonyl (C=O) groups excluding carboxylic acids is 1. The Morgan fingerprint density at radius 1 is 1.38 bits per heavy atom. The van der Waals surface area contributed by atoms with Gasteiger partial charge in [-0.25, -0.2) is 0 Å². The summed E-state index contributed by atoms with van der Waals surface area (Å²) >= 11 is 2.14. The van der Waals surface area contributed by atoms with E-state index in [0.717, 1.165) is 36.3 Å². The molecule has 1 heterocycles. The van der Waals surface area contributed by atoms with Crippen LogP contribution >= 0.6 is 22.6 Å². The lowest BCUT2D eigenvalue weighted by Crippen LogP contribution is -2.46. The van der Waals surface area contributed by atoms with E-state index in [-0.39, 0.29) is 11.9 Å². The number of halogens is 1. The molecule has 1 fully saturated rings. The number of nitrogens with one attached hydrogen (secondary N) is 1. The molecule has 7 heteroatoms. The molecule has 3 N–H and O–H groups in total. The molecule has 0 radical (unpaired) electrons. The fraction of sp³-hybridized carbons (Fsp3) is 0.588. The van der Waals surface area contributed by atoms with Gasteiger partial charge in [0.1, 0.15) is 5.75 Å². The van der Waals surface area contributed by atoms with Crippen molar-refractivity contribution in [2.24, 2.45) is 0 Å². The van der Waals surface area contributed by atoms with Crippen LogP contribution < -0.4 is 15.8 Å². The summed E-state index contributed by atoms with van der Waals surface area (Å²) in [6.45, 7) is 9.30. The Morgan fingerprint density at radius 2 is 2.12 bits per heavy atom. The van der Waals surface area contributed by atoms with Crippen molar-refractivity contribution >= 4 is 34.2 Å². The van der Waals surface area contributed by atoms with Crippen LogP contribution in [0.5, 0.6) is 5.75 Å². The number of nitrogen functional groups attached to an aromatic ring is 1. The molecule has 2 rings (SSSR count). The van der Waals surface area contributed by atoms with Gasteiger partial charge in [0.05, 0.1) is 18.2 Å². The number of hydrogen-bond donors (Lipinski definition) is 2. The van der Waals surface area contributed by atoms with Crippen LogP contribution in [-0.2, 0) is 0 Å². The van der Waals surface area contributed by atoms with Crippen molar-refractivity contribution in [2.45, 2.75) is 19.9 Å². The van der Waals surface area contributed by atoms with Gasteiger partial charge in [-0.05, 0) is 49.2 Å². The number of carbonyl (C=O) groups is 1. The number of benzene rings is 1. The van der Waals surface area contributed by atoms with E-state index in [1.54, 1.807) is 12.1 Å². The summed E-state index contributed by atoms with van der Waals surface area (Å²) in [5.74, 6) is 0.440. The second kappa shape index (κ2) is 8.87. The maximum absolute atomic E-state index is 12.8. The molecule has 1 amide bonds. The number of rotatable bonds is 5. The zero-order valence-electron chi connectivity index (χ0n) is 14.6. The minimum atomic E-state index is -0.104. The highest BCUT2D eigenvalue weighted by molar-refractivity contribution is 14.1. The van der Waals surface area contributed by atoms with Crippen LogP contribution in [0.15, 0.2) is 12.1 Å². The second-order valence-electron chi connectivity index (χ2n) is 6.13. The molecule has 0 spiro atoms. The third-order valence-corrected chi connectivity index (χ3v) is 5.17. The third kappa shape index (κ3) is 4.97. The molecule has 0 aromatic heterocycles. The quantitative estimate of drug-likeness (QED) is 0.532. The second-order valence-corrected chi connectivity index (χ2v) is 7.29. The largest absolute Gasteiger partial charge is 0.493 e. The number of ether oxygens (including phenoxy) is 1. The summed E-state index contributed by atoms with van der Waals surface area (Å²) in [6, 6.07) is 3.63. The lowest BCUT2D eigenvalue weighted by atomic mass is 10.1. The Hall–Kier alpha value is -1.06. The SMILES string of the molecule is CCOc1cc(N)c(I)cc1C(=O)NC1CN(C)CCN(CC)C1. The number of nitrogens with two attached hydrogens (primary N) is 1. The molecule has 6 nitrogen and oxygen atoms in total. The van der Waals surface area contributed by atoms with Crippen molar-refractivity contribution in [3.63, 3.8) is 0 Å². The molecule has 1 saturated heterocycles. The lowest BCUT2D eigenvalue weighted by Gasteiger charge is -2.24. The molecule has 1 unspecified atom stereocenters. The van der Waals surface area contributed by atoms with Gasteiger partial charge in [-0.3, -0.25) is 4.79 Å². The first-order chi connectivity index (χ1) is 11.4. The minimum Gasteiger partial charge on any atom is -0.493 e. The van der Waals surface area contributed by atoms with Gasteiger partial charge in [0.2, 0.25) is 0 Å². The van der Waals surface area contributed by atoms with E-state index in [1.807, 2.05) is 6.92 Å². The fourth-order valence-corrected chi connectivity index (χ4v) is 3.37. The van der Waals surface area contributed by atoms with Gasteiger partial charge in [0.25, 0.3) is 5.91 Å². The molecular formula is C17H27IN4O2. The summed E-state index contributed by atoms with van der Waals surface area (Å²) in [4.78, 5) is 17.4. The van der Waals surface area contributed by atoms with Gasteiger partial charge in [-0.1, -0.05) is 6.92 Å². The van der Waals surface area contributed by atoms with E-state index in [4.69, 9.17) is 10.5 Å². The minimum absolute atomic E-state index is 0.0923. The molecule has 24 heavy (non-hydrogen) atoms. The maximum atomic E-state index is 12.8. The lowest BCUT2D eigenvalue weighted by molar-refractivity contribution is 0.0921. The average Bonchev–Trinajstić information content (AvgIpc) is 2.71. The molecule has 0 aliphatic carbocycles. The number of nitrogens with zero attached hydrogens (tertiary/aromatic N) is 2. The predicted octanol–water partition coefficient (Wildman–Crippen LogP) is 1.64. The van der Waals surface area contributed by atoms with Gasteiger partial charge >= 0.3 is 0 Å². The highest BCUT2D eigenvalue weighted by Crippen LogP contribution is 2.27. The van der Waals surface area contributed by atoms with E-state index in [9.17, 15) is 4.79 Å². The molecule has 0 saturated carbocycles. The van der Waals surface area contributed by atoms with Crippen LogP contribution in [0.1, 0.15) is 24.2 Å². The molecule has 1 aliphatic rings. The van der Waals surface area contributed by atoms with Crippen LogP contribution in [-0.4, -0.2) is 68.1 Å². The summed E-state index contributed by atoms with van der Waals surface area (Å²) in [6.07, 6.45) is 0. The van der Waals surface area contributed by atoms with E-state index in [0.29, 0.717) is 23.6 Å². The van der Waals surface area contributed by atoms with Crippen LogP contribution in [0.2, 0.25) is 0 Å². The standard InChI is InChI=1S/C17H27IN4O2/c1-4-22-7-6-21(3)10-12(11-22)20-17(23)13-8-14(18)15(19)9-16(13)24-5-2/h8-9,12H,4-7,10-11,19H2,1-3H3,(H,20,23). The Balaban J connectivity index is 2.17. The predicted molar refractivity (Wildman–Crippen MR) is 106 cm³/mol. The number of likely N-dealkylation sites (N-methyl/N-ethyl adjacent to an activating group) is 2. The number of amides is 1. The first-order valence-corrected chi connectivity index (χ1v) is 9.46. The summed E-state index contributed by atoms with van der Waals surface area (Å²) in [5.41, 5.74) is 7.12. The van der Waals surface area contributed by atoms with Gasteiger partial charge in [-0.2, -0.15) is 0 Å². The van der Waals surface area contributed by atoms with Gasteiger partial charge in [-0.15, -0.1) is 0 Å². The van der Waals surface area contributed by atoms with Crippen molar-refractivity contribution in [2.75, 3.05) is 52.1 Å². The summed E-state index contributed by atoms with van der Waals surface area (Å²) in [7, 11) is 2.09. The summed E-state index contributed by atoms with van der Waals surface area (Å²) < 4.78 is 6.46. The zero-order chi connectivity index (χ0) is 17.7. The summed E-state index contributed by atoms with van der Waals surface area (Å²) in [5, 5.41) is 3.17. The molecular weight excluding hydrogens is 419 g/mol. The zero-order valence-corrected chi connectivity index (χ0v) is 16.8. The average molecular weight is 446 g/mol. The van der Waals surface area contributed by atoms with Crippen LogP contribution in [0.4, 0.5) is 5.69 Å². The van der Waals surface area contributed by atoms with Crippen molar-refractivity contribution in [1.82, 2.24) is 15.1 Å². The van der Waals surface area contributed by atoms with E-state index in [2.05, 4.69) is 51.7 Å². The van der Waals surface area contributed by atoms with Crippen molar-refractivity contribution in [3.05, 3.63) is 21.3 Å². The monoisotopic (exact) mass is 446 g/mol. The van der Waals surface area contributed by atoms with Crippen molar-refractivity contribution < 1.29 is 9.53 Å². The van der Waals surface area contributed by atoms with Crippen molar-refractivity contribution in [3.8, 4) is 5.75 Å². The van der Waals surface area contributed by atoms with Gasteiger partial charge in [0, 0.05) is 41.5 Å². The Labute approximate surface area is 157 Å². The molecule has 1 aromatic rings. The maximum Gasteiger partial charge on any atom is 0.255 e. The Bertz CT molecular complexity index is 582. The smallest absolute Gasteiger partial charge is 0.255 e. The highest BCUT2D eigenvalue weighted by atomic mass is 127. The van der Waals surface area contributed by atoms with Gasteiger partial charge < -0.3 is 25.6 Å². The van der Waals surface area contributed by atoms with Crippen LogP contribution in [0.3, 0.4) is 0 Å².